The van der Waals surface area contributed by atoms with Gasteiger partial charge >= 0.3 is 0 Å². The number of likely N-dealkylation sites (N-methyl/N-ethyl adjacent to an activating group) is 2. The van der Waals surface area contributed by atoms with Crippen molar-refractivity contribution < 1.29 is 28.3 Å². The minimum absolute atomic E-state index is 0.0188. The largest absolute Gasteiger partial charge is 0.480 e. The molecule has 234 valence electrons. The second-order valence-electron chi connectivity index (χ2n) is 11.1. The highest BCUT2D eigenvalue weighted by molar-refractivity contribution is 7.14. The molecule has 2 aromatic carbocycles. The van der Waals surface area contributed by atoms with Crippen LogP contribution in [0, 0.1) is 6.92 Å². The fourth-order valence-corrected chi connectivity index (χ4v) is 5.75. The van der Waals surface area contributed by atoms with Gasteiger partial charge in [0.05, 0.1) is 12.1 Å². The van der Waals surface area contributed by atoms with Crippen LogP contribution in [0.1, 0.15) is 28.4 Å². The molecule has 14 heteroatoms. The first-order chi connectivity index (χ1) is 21.7. The highest BCUT2D eigenvalue weighted by atomic mass is 32.1. The van der Waals surface area contributed by atoms with E-state index in [-0.39, 0.29) is 23.8 Å². The van der Waals surface area contributed by atoms with Crippen molar-refractivity contribution in [3.05, 3.63) is 65.0 Å². The Morgan fingerprint density at radius 2 is 1.76 bits per heavy atom. The SMILES string of the molecule is Cc1nnc(-c2ccc(Oc3cc(OC4CCN(C)C4=O)cc(C(=O)Nc4nc(CC(=O)N5CCN(C)CC5)cs4)c3)cc2)o1. The molecule has 6 rings (SSSR count). The van der Waals surface area contributed by atoms with Gasteiger partial charge in [-0.1, -0.05) is 0 Å². The lowest BCUT2D eigenvalue weighted by molar-refractivity contribution is -0.132. The lowest BCUT2D eigenvalue weighted by atomic mass is 10.1. The Morgan fingerprint density at radius 3 is 2.44 bits per heavy atom. The third kappa shape index (κ3) is 7.29. The number of aromatic nitrogens is 3. The third-order valence-corrected chi connectivity index (χ3v) is 8.43. The highest BCUT2D eigenvalue weighted by Crippen LogP contribution is 2.31. The monoisotopic (exact) mass is 631 g/mol. The summed E-state index contributed by atoms with van der Waals surface area (Å²) in [6, 6.07) is 11.9. The molecular formula is C31H33N7O6S. The van der Waals surface area contributed by atoms with E-state index in [4.69, 9.17) is 13.9 Å². The Bertz CT molecular complexity index is 1700. The number of nitrogens with one attached hydrogen (secondary N) is 1. The van der Waals surface area contributed by atoms with Crippen molar-refractivity contribution in [2.45, 2.75) is 25.9 Å². The Balaban J connectivity index is 1.17. The average Bonchev–Trinajstić information content (AvgIpc) is 3.75. The number of anilines is 1. The van der Waals surface area contributed by atoms with Gasteiger partial charge in [0.25, 0.3) is 11.8 Å². The number of carbonyl (C=O) groups is 3. The molecule has 2 aromatic heterocycles. The normalized spacial score (nSPS) is 17.0. The topological polar surface area (TPSA) is 143 Å². The number of rotatable bonds is 9. The van der Waals surface area contributed by atoms with Gasteiger partial charge in [-0.3, -0.25) is 19.7 Å². The van der Waals surface area contributed by atoms with E-state index in [0.29, 0.717) is 65.9 Å². The lowest BCUT2D eigenvalue weighted by Gasteiger charge is -2.32. The minimum atomic E-state index is -0.655. The van der Waals surface area contributed by atoms with Crippen LogP contribution in [0.4, 0.5) is 5.13 Å². The zero-order valence-electron chi connectivity index (χ0n) is 25.2. The van der Waals surface area contributed by atoms with Crippen LogP contribution in [0.15, 0.2) is 52.3 Å². The van der Waals surface area contributed by atoms with Crippen LogP contribution in [-0.4, -0.2) is 101 Å². The van der Waals surface area contributed by atoms with Gasteiger partial charge in [-0.25, -0.2) is 4.98 Å². The number of thiazole rings is 1. The van der Waals surface area contributed by atoms with Gasteiger partial charge in [0, 0.05) is 75.7 Å². The molecule has 4 heterocycles. The number of hydrogen-bond acceptors (Lipinski definition) is 11. The Hall–Kier alpha value is -4.82. The number of amides is 3. The van der Waals surface area contributed by atoms with Gasteiger partial charge in [0.2, 0.25) is 17.7 Å². The molecule has 0 saturated carbocycles. The minimum Gasteiger partial charge on any atom is -0.480 e. The highest BCUT2D eigenvalue weighted by Gasteiger charge is 2.31. The molecule has 4 aromatic rings. The summed E-state index contributed by atoms with van der Waals surface area (Å²) in [5.74, 6) is 1.49. The molecule has 2 aliphatic heterocycles. The molecule has 3 amide bonds. The summed E-state index contributed by atoms with van der Waals surface area (Å²) in [7, 11) is 3.77. The van der Waals surface area contributed by atoms with Crippen molar-refractivity contribution in [2.75, 3.05) is 52.1 Å². The van der Waals surface area contributed by atoms with Crippen molar-refractivity contribution in [2.24, 2.45) is 0 Å². The van der Waals surface area contributed by atoms with Crippen LogP contribution < -0.4 is 14.8 Å². The van der Waals surface area contributed by atoms with E-state index < -0.39 is 12.0 Å². The molecule has 1 unspecified atom stereocenters. The van der Waals surface area contributed by atoms with Crippen LogP contribution in [0.5, 0.6) is 17.2 Å². The van der Waals surface area contributed by atoms with Crippen molar-refractivity contribution in [1.29, 1.82) is 0 Å². The number of ether oxygens (including phenoxy) is 2. The summed E-state index contributed by atoms with van der Waals surface area (Å²) >= 11 is 1.25. The average molecular weight is 632 g/mol. The fourth-order valence-electron chi connectivity index (χ4n) is 5.05. The zero-order valence-corrected chi connectivity index (χ0v) is 26.0. The second kappa shape index (κ2) is 13.0. The number of carbonyl (C=O) groups excluding carboxylic acids is 3. The Morgan fingerprint density at radius 1 is 1.00 bits per heavy atom. The van der Waals surface area contributed by atoms with Crippen LogP contribution in [0.25, 0.3) is 11.5 Å². The van der Waals surface area contributed by atoms with E-state index >= 15 is 0 Å². The summed E-state index contributed by atoms with van der Waals surface area (Å²) in [4.78, 5) is 48.8. The van der Waals surface area contributed by atoms with Gasteiger partial charge < -0.3 is 28.6 Å². The predicted octanol–water partition coefficient (Wildman–Crippen LogP) is 3.47. The Kier molecular flexibility index (Phi) is 8.76. The summed E-state index contributed by atoms with van der Waals surface area (Å²) in [6.45, 7) is 5.37. The molecule has 0 spiro atoms. The molecule has 45 heavy (non-hydrogen) atoms. The number of nitrogens with zero attached hydrogens (tertiary/aromatic N) is 6. The van der Waals surface area contributed by atoms with Gasteiger partial charge in [0.15, 0.2) is 11.2 Å². The first-order valence-electron chi connectivity index (χ1n) is 14.6. The van der Waals surface area contributed by atoms with Crippen molar-refractivity contribution in [3.8, 4) is 28.7 Å². The van der Waals surface area contributed by atoms with E-state index in [1.54, 1.807) is 66.7 Å². The van der Waals surface area contributed by atoms with E-state index in [0.717, 1.165) is 18.7 Å². The standard InChI is InChI=1S/C31H33N7O6S/c1-19-34-35-29(42-19)20-4-6-23(7-5-20)43-24-14-21(15-25(17-24)44-26-8-9-37(3)30(26)41)28(40)33-31-32-22(18-45-31)16-27(39)38-12-10-36(2)11-13-38/h4-7,14-15,17-18,26H,8-13,16H2,1-3H3,(H,32,33,40). The summed E-state index contributed by atoms with van der Waals surface area (Å²) in [5.41, 5.74) is 1.59. The molecule has 1 atom stereocenters. The summed E-state index contributed by atoms with van der Waals surface area (Å²) in [5, 5.41) is 12.9. The predicted molar refractivity (Wildman–Crippen MR) is 166 cm³/mol. The van der Waals surface area contributed by atoms with Gasteiger partial charge in [-0.05, 0) is 43.4 Å². The van der Waals surface area contributed by atoms with Gasteiger partial charge in [-0.15, -0.1) is 21.5 Å². The van der Waals surface area contributed by atoms with E-state index in [1.165, 1.54) is 11.3 Å². The molecule has 0 bridgehead atoms. The maximum Gasteiger partial charge on any atom is 0.263 e. The van der Waals surface area contributed by atoms with Gasteiger partial charge in [0.1, 0.15) is 17.2 Å². The van der Waals surface area contributed by atoms with E-state index in [9.17, 15) is 14.4 Å². The van der Waals surface area contributed by atoms with Crippen molar-refractivity contribution in [3.63, 3.8) is 0 Å². The number of aryl methyl sites for hydroxylation is 1. The second-order valence-corrected chi connectivity index (χ2v) is 11.9. The van der Waals surface area contributed by atoms with Crippen LogP contribution in [0.2, 0.25) is 0 Å². The zero-order chi connectivity index (χ0) is 31.5. The Labute approximate surface area is 263 Å². The van der Waals surface area contributed by atoms with Gasteiger partial charge in [-0.2, -0.15) is 0 Å². The molecule has 1 N–H and O–H groups in total. The number of piperazine rings is 1. The van der Waals surface area contributed by atoms with E-state index in [1.807, 2.05) is 11.9 Å². The summed E-state index contributed by atoms with van der Waals surface area (Å²) in [6.07, 6.45) is 0.0529. The maximum absolute atomic E-state index is 13.4. The number of benzene rings is 2. The van der Waals surface area contributed by atoms with Crippen LogP contribution >= 0.6 is 11.3 Å². The first kappa shape index (κ1) is 30.2. The first-order valence-corrected chi connectivity index (χ1v) is 15.5. The fraction of sp³-hybridized carbons (Fsp3) is 0.355. The smallest absolute Gasteiger partial charge is 0.263 e. The molecule has 2 saturated heterocycles. The van der Waals surface area contributed by atoms with Crippen LogP contribution in [0.3, 0.4) is 0 Å². The molecule has 13 nitrogen and oxygen atoms in total. The summed E-state index contributed by atoms with van der Waals surface area (Å²) < 4.78 is 17.6. The quantitative estimate of drug-likeness (QED) is 0.292. The third-order valence-electron chi connectivity index (χ3n) is 7.62. The molecular weight excluding hydrogens is 598 g/mol. The van der Waals surface area contributed by atoms with E-state index in [2.05, 4.69) is 25.4 Å². The van der Waals surface area contributed by atoms with Crippen molar-refractivity contribution >= 4 is 34.2 Å². The molecule has 0 radical (unpaired) electrons. The molecule has 0 aliphatic carbocycles. The molecule has 2 aliphatic rings. The maximum atomic E-state index is 13.4. The van der Waals surface area contributed by atoms with Crippen molar-refractivity contribution in [1.82, 2.24) is 29.9 Å². The molecule has 2 fully saturated rings. The number of likely N-dealkylation sites (tertiary alicyclic amines) is 1. The lowest BCUT2D eigenvalue weighted by Crippen LogP contribution is -2.47. The van der Waals surface area contributed by atoms with Crippen LogP contribution in [-0.2, 0) is 16.0 Å². The number of hydrogen-bond donors (Lipinski definition) is 1.